The summed E-state index contributed by atoms with van der Waals surface area (Å²) in [6.45, 7) is 1.90. The van der Waals surface area contributed by atoms with E-state index in [1.165, 1.54) is 0 Å². The van der Waals surface area contributed by atoms with E-state index >= 15 is 0 Å². The lowest BCUT2D eigenvalue weighted by Gasteiger charge is -2.15. The molecular weight excluding hydrogens is 218 g/mol. The van der Waals surface area contributed by atoms with Gasteiger partial charge >= 0.3 is 6.09 Å². The molecule has 0 heterocycles. The molecule has 0 aliphatic heterocycles. The molecule has 0 saturated carbocycles. The van der Waals surface area contributed by atoms with E-state index in [9.17, 15) is 9.59 Å². The maximum absolute atomic E-state index is 11.8. The molecule has 0 radical (unpaired) electrons. The number of carboxylic acid groups (broad SMARTS) is 1. The average Bonchev–Trinajstić information content (AvgIpc) is 2.29. The lowest BCUT2D eigenvalue weighted by Crippen LogP contribution is -2.41. The Kier molecular flexibility index (Phi) is 5.20. The van der Waals surface area contributed by atoms with Crippen LogP contribution in [-0.4, -0.2) is 23.0 Å². The number of hydrogen-bond acceptors (Lipinski definition) is 2. The fourth-order valence-corrected chi connectivity index (χ4v) is 1.66. The van der Waals surface area contributed by atoms with Crippen LogP contribution in [0.15, 0.2) is 30.3 Å². The van der Waals surface area contributed by atoms with Crippen molar-refractivity contribution >= 4 is 11.9 Å². The van der Waals surface area contributed by atoms with Gasteiger partial charge in [-0.05, 0) is 18.4 Å². The molecule has 92 valence electrons. The number of hydrogen-bond donors (Lipinski definition) is 2. The first-order chi connectivity index (χ1) is 8.13. The molecule has 0 bridgehead atoms. The van der Waals surface area contributed by atoms with Crippen molar-refractivity contribution in [2.45, 2.75) is 32.2 Å². The third-order valence-electron chi connectivity index (χ3n) is 2.47. The highest BCUT2D eigenvalue weighted by molar-refractivity contribution is 5.87. The van der Waals surface area contributed by atoms with Gasteiger partial charge in [-0.25, -0.2) is 4.79 Å². The van der Waals surface area contributed by atoms with Gasteiger partial charge in [0.05, 0.1) is 6.04 Å². The first kappa shape index (κ1) is 13.2. The van der Waals surface area contributed by atoms with Gasteiger partial charge in [-0.3, -0.25) is 4.79 Å². The SMILES string of the molecule is CCCC(=O)[C@H](Cc1ccccc1)NC(=O)O. The molecule has 4 heteroatoms. The van der Waals surface area contributed by atoms with Crippen LogP contribution < -0.4 is 5.32 Å². The normalized spacial score (nSPS) is 11.8. The zero-order chi connectivity index (χ0) is 12.7. The highest BCUT2D eigenvalue weighted by atomic mass is 16.4. The zero-order valence-electron chi connectivity index (χ0n) is 9.85. The van der Waals surface area contributed by atoms with E-state index in [-0.39, 0.29) is 5.78 Å². The van der Waals surface area contributed by atoms with Crippen LogP contribution in [0.1, 0.15) is 25.3 Å². The van der Waals surface area contributed by atoms with Crippen molar-refractivity contribution in [3.05, 3.63) is 35.9 Å². The second-order valence-corrected chi connectivity index (χ2v) is 3.91. The Hall–Kier alpha value is -1.84. The third kappa shape index (κ3) is 4.68. The molecule has 1 atom stereocenters. The highest BCUT2D eigenvalue weighted by Crippen LogP contribution is 2.06. The van der Waals surface area contributed by atoms with E-state index < -0.39 is 12.1 Å². The summed E-state index contributed by atoms with van der Waals surface area (Å²) in [6, 6.07) is 8.76. The fraction of sp³-hybridized carbons (Fsp3) is 0.385. The highest BCUT2D eigenvalue weighted by Gasteiger charge is 2.19. The van der Waals surface area contributed by atoms with Crippen molar-refractivity contribution in [3.8, 4) is 0 Å². The summed E-state index contributed by atoms with van der Waals surface area (Å²) in [7, 11) is 0. The van der Waals surface area contributed by atoms with Crippen molar-refractivity contribution < 1.29 is 14.7 Å². The quantitative estimate of drug-likeness (QED) is 0.794. The number of nitrogens with one attached hydrogen (secondary N) is 1. The van der Waals surface area contributed by atoms with Crippen molar-refractivity contribution in [1.82, 2.24) is 5.32 Å². The monoisotopic (exact) mass is 235 g/mol. The van der Waals surface area contributed by atoms with Gasteiger partial charge < -0.3 is 10.4 Å². The molecule has 17 heavy (non-hydrogen) atoms. The summed E-state index contributed by atoms with van der Waals surface area (Å²) >= 11 is 0. The molecule has 1 aromatic rings. The summed E-state index contributed by atoms with van der Waals surface area (Å²) in [4.78, 5) is 22.4. The predicted molar refractivity (Wildman–Crippen MR) is 65.0 cm³/mol. The summed E-state index contributed by atoms with van der Waals surface area (Å²) in [5.41, 5.74) is 0.954. The van der Waals surface area contributed by atoms with E-state index in [1.807, 2.05) is 37.3 Å². The smallest absolute Gasteiger partial charge is 0.405 e. The molecule has 1 amide bonds. The minimum Gasteiger partial charge on any atom is -0.465 e. The van der Waals surface area contributed by atoms with E-state index in [1.54, 1.807) is 0 Å². The molecule has 0 unspecified atom stereocenters. The maximum Gasteiger partial charge on any atom is 0.405 e. The van der Waals surface area contributed by atoms with Gasteiger partial charge in [-0.2, -0.15) is 0 Å². The van der Waals surface area contributed by atoms with Crippen LogP contribution in [0.25, 0.3) is 0 Å². The van der Waals surface area contributed by atoms with Gasteiger partial charge in [0, 0.05) is 6.42 Å². The second-order valence-electron chi connectivity index (χ2n) is 3.91. The number of Topliss-reactive ketones (excluding diaryl/α,β-unsaturated/α-hetero) is 1. The number of ketones is 1. The Morgan fingerprint density at radius 1 is 1.29 bits per heavy atom. The second kappa shape index (κ2) is 6.68. The Morgan fingerprint density at radius 2 is 1.94 bits per heavy atom. The molecule has 4 nitrogen and oxygen atoms in total. The molecular formula is C13H17NO3. The van der Waals surface area contributed by atoms with Crippen LogP contribution in [0.3, 0.4) is 0 Å². The topological polar surface area (TPSA) is 66.4 Å². The molecule has 0 aliphatic carbocycles. The van der Waals surface area contributed by atoms with Gasteiger partial charge in [0.25, 0.3) is 0 Å². The molecule has 0 aromatic heterocycles. The minimum absolute atomic E-state index is 0.0567. The van der Waals surface area contributed by atoms with Crippen LogP contribution in [-0.2, 0) is 11.2 Å². The lowest BCUT2D eigenvalue weighted by molar-refractivity contribution is -0.121. The predicted octanol–water partition coefficient (Wildman–Crippen LogP) is 2.23. The summed E-state index contributed by atoms with van der Waals surface area (Å²) in [5, 5.41) is 11.0. The van der Waals surface area contributed by atoms with Crippen LogP contribution in [0.2, 0.25) is 0 Å². The largest absolute Gasteiger partial charge is 0.465 e. The molecule has 1 rings (SSSR count). The van der Waals surface area contributed by atoms with Gasteiger partial charge in [-0.15, -0.1) is 0 Å². The average molecular weight is 235 g/mol. The first-order valence-corrected chi connectivity index (χ1v) is 5.69. The fourth-order valence-electron chi connectivity index (χ4n) is 1.66. The molecule has 1 aromatic carbocycles. The Morgan fingerprint density at radius 3 is 2.47 bits per heavy atom. The Bertz CT molecular complexity index is 376. The first-order valence-electron chi connectivity index (χ1n) is 5.69. The Balaban J connectivity index is 2.70. The summed E-state index contributed by atoms with van der Waals surface area (Å²) in [5.74, 6) is -0.0567. The minimum atomic E-state index is -1.16. The number of carbonyl (C=O) groups is 2. The van der Waals surface area contributed by atoms with Crippen LogP contribution in [0.5, 0.6) is 0 Å². The number of rotatable bonds is 6. The van der Waals surface area contributed by atoms with Crippen LogP contribution in [0.4, 0.5) is 4.79 Å². The van der Waals surface area contributed by atoms with Crippen molar-refractivity contribution in [1.29, 1.82) is 0 Å². The van der Waals surface area contributed by atoms with Crippen LogP contribution in [0, 0.1) is 0 Å². The number of carbonyl (C=O) groups excluding carboxylic acids is 1. The maximum atomic E-state index is 11.8. The van der Waals surface area contributed by atoms with E-state index in [4.69, 9.17) is 5.11 Å². The third-order valence-corrected chi connectivity index (χ3v) is 2.47. The van der Waals surface area contributed by atoms with Gasteiger partial charge in [0.1, 0.15) is 0 Å². The molecule has 0 fully saturated rings. The van der Waals surface area contributed by atoms with Crippen LogP contribution >= 0.6 is 0 Å². The van der Waals surface area contributed by atoms with E-state index in [0.29, 0.717) is 12.8 Å². The molecule has 0 aliphatic rings. The zero-order valence-corrected chi connectivity index (χ0v) is 9.85. The Labute approximate surface area is 101 Å². The number of amides is 1. The van der Waals surface area contributed by atoms with Crippen molar-refractivity contribution in [3.63, 3.8) is 0 Å². The molecule has 0 spiro atoms. The van der Waals surface area contributed by atoms with E-state index in [0.717, 1.165) is 12.0 Å². The van der Waals surface area contributed by atoms with E-state index in [2.05, 4.69) is 5.32 Å². The standard InChI is InChI=1S/C13H17NO3/c1-2-6-12(15)11(14-13(16)17)9-10-7-4-3-5-8-10/h3-5,7-8,11,14H,2,6,9H2,1H3,(H,16,17)/t11-/m0/s1. The molecule has 2 N–H and O–H groups in total. The number of benzene rings is 1. The van der Waals surface area contributed by atoms with Gasteiger partial charge in [0.15, 0.2) is 5.78 Å². The van der Waals surface area contributed by atoms with Gasteiger partial charge in [0.2, 0.25) is 0 Å². The van der Waals surface area contributed by atoms with Crippen molar-refractivity contribution in [2.24, 2.45) is 0 Å². The van der Waals surface area contributed by atoms with Gasteiger partial charge in [-0.1, -0.05) is 37.3 Å². The lowest BCUT2D eigenvalue weighted by atomic mass is 10.00. The summed E-state index contributed by atoms with van der Waals surface area (Å²) in [6.07, 6.45) is 0.380. The molecule has 0 saturated heterocycles. The van der Waals surface area contributed by atoms with Crippen molar-refractivity contribution in [2.75, 3.05) is 0 Å². The summed E-state index contributed by atoms with van der Waals surface area (Å²) < 4.78 is 0.